The number of hydrogen-bond acceptors (Lipinski definition) is 9. The molecule has 0 bridgehead atoms. The number of rotatable bonds is 10. The molecule has 0 amide bonds. The molecule has 0 aromatic heterocycles. The quantitative estimate of drug-likeness (QED) is 0.502. The van der Waals surface area contributed by atoms with Crippen molar-refractivity contribution in [3.05, 3.63) is 0 Å². The van der Waals surface area contributed by atoms with Gasteiger partial charge in [-0.25, -0.2) is 0 Å². The monoisotopic (exact) mass is 382 g/mol. The second kappa shape index (κ2) is 19.4. The van der Waals surface area contributed by atoms with Crippen LogP contribution in [0.25, 0.3) is 0 Å². The van der Waals surface area contributed by atoms with Crippen molar-refractivity contribution in [2.75, 3.05) is 106 Å². The summed E-state index contributed by atoms with van der Waals surface area (Å²) in [6.07, 6.45) is -0.159. The summed E-state index contributed by atoms with van der Waals surface area (Å²) in [7, 11) is 0. The third-order valence-corrected chi connectivity index (χ3v) is 3.28. The van der Waals surface area contributed by atoms with Crippen LogP contribution in [-0.2, 0) is 37.9 Å². The first kappa shape index (κ1) is 23.7. The summed E-state index contributed by atoms with van der Waals surface area (Å²) < 4.78 is 43.6. The van der Waals surface area contributed by atoms with Crippen molar-refractivity contribution in [3.63, 3.8) is 0 Å². The first-order valence-electron chi connectivity index (χ1n) is 9.20. The Bertz CT molecular complexity index is 265. The molecular formula is C17H34O9. The lowest BCUT2D eigenvalue weighted by atomic mass is 10.4. The molecule has 1 aliphatic heterocycles. The minimum absolute atomic E-state index is 0.0253. The molecule has 156 valence electrons. The Labute approximate surface area is 155 Å². The van der Waals surface area contributed by atoms with Gasteiger partial charge in [-0.1, -0.05) is 0 Å². The zero-order chi connectivity index (χ0) is 18.5. The summed E-state index contributed by atoms with van der Waals surface area (Å²) in [4.78, 5) is 0. The summed E-state index contributed by atoms with van der Waals surface area (Å²) in [5.41, 5.74) is 0. The maximum Gasteiger partial charge on any atom is 0.104 e. The van der Waals surface area contributed by atoms with Gasteiger partial charge in [-0.2, -0.15) is 0 Å². The molecule has 1 heterocycles. The van der Waals surface area contributed by atoms with Crippen molar-refractivity contribution in [1.29, 1.82) is 0 Å². The third-order valence-electron chi connectivity index (χ3n) is 3.28. The highest BCUT2D eigenvalue weighted by atomic mass is 16.6. The summed E-state index contributed by atoms with van der Waals surface area (Å²) >= 11 is 0. The van der Waals surface area contributed by atoms with Crippen LogP contribution in [0.15, 0.2) is 0 Å². The minimum atomic E-state index is -0.159. The summed E-state index contributed by atoms with van der Waals surface area (Å²) in [5, 5.41) is 8.57. The van der Waals surface area contributed by atoms with E-state index in [0.717, 1.165) is 0 Å². The van der Waals surface area contributed by atoms with Crippen molar-refractivity contribution in [3.8, 4) is 0 Å². The molecule has 9 heteroatoms. The standard InChI is InChI=1S/C17H34O9/c18-1-2-19-3-4-21-9-11-24-15-17-16-25-12-10-22-6-5-20-7-8-23-13-14-26-17/h17-18H,1-16H2. The SMILES string of the molecule is OCCOCCOCCOCC1COCCOCCOCCOCCO1. The molecule has 0 spiro atoms. The van der Waals surface area contributed by atoms with Gasteiger partial charge in [0.2, 0.25) is 0 Å². The van der Waals surface area contributed by atoms with E-state index in [2.05, 4.69) is 0 Å². The highest BCUT2D eigenvalue weighted by Gasteiger charge is 2.10. The molecule has 0 aromatic rings. The van der Waals surface area contributed by atoms with E-state index in [0.29, 0.717) is 99.1 Å². The van der Waals surface area contributed by atoms with Gasteiger partial charge in [0.25, 0.3) is 0 Å². The normalized spacial score (nSPS) is 21.8. The van der Waals surface area contributed by atoms with Crippen LogP contribution in [0.2, 0.25) is 0 Å². The zero-order valence-electron chi connectivity index (χ0n) is 15.6. The molecule has 1 fully saturated rings. The predicted molar refractivity (Wildman–Crippen MR) is 92.6 cm³/mol. The van der Waals surface area contributed by atoms with Crippen LogP contribution in [0.1, 0.15) is 0 Å². The first-order valence-corrected chi connectivity index (χ1v) is 9.20. The summed E-state index contributed by atoms with van der Waals surface area (Å²) in [5.74, 6) is 0. The van der Waals surface area contributed by atoms with Crippen LogP contribution in [0.3, 0.4) is 0 Å². The fraction of sp³-hybridized carbons (Fsp3) is 1.00. The average Bonchev–Trinajstić information content (AvgIpc) is 2.66. The van der Waals surface area contributed by atoms with E-state index in [4.69, 9.17) is 43.0 Å². The first-order chi connectivity index (χ1) is 12.9. The lowest BCUT2D eigenvalue weighted by Gasteiger charge is -2.18. The molecule has 1 rings (SSSR count). The zero-order valence-corrected chi connectivity index (χ0v) is 15.6. The highest BCUT2D eigenvalue weighted by Crippen LogP contribution is 1.97. The van der Waals surface area contributed by atoms with Gasteiger partial charge in [0.1, 0.15) is 6.10 Å². The molecule has 1 N–H and O–H groups in total. The molecule has 0 aromatic carbocycles. The van der Waals surface area contributed by atoms with Crippen LogP contribution in [0.4, 0.5) is 0 Å². The van der Waals surface area contributed by atoms with Crippen molar-refractivity contribution >= 4 is 0 Å². The van der Waals surface area contributed by atoms with Gasteiger partial charge in [-0.15, -0.1) is 0 Å². The molecule has 0 saturated carbocycles. The number of aliphatic hydroxyl groups excluding tert-OH is 1. The van der Waals surface area contributed by atoms with Crippen molar-refractivity contribution < 1.29 is 43.0 Å². The molecular weight excluding hydrogens is 348 g/mol. The molecule has 0 aliphatic carbocycles. The molecule has 1 atom stereocenters. The van der Waals surface area contributed by atoms with E-state index in [1.165, 1.54) is 0 Å². The van der Waals surface area contributed by atoms with E-state index < -0.39 is 0 Å². The van der Waals surface area contributed by atoms with Gasteiger partial charge in [-0.3, -0.25) is 0 Å². The van der Waals surface area contributed by atoms with Gasteiger partial charge in [-0.05, 0) is 0 Å². The van der Waals surface area contributed by atoms with E-state index >= 15 is 0 Å². The van der Waals surface area contributed by atoms with Gasteiger partial charge in [0.15, 0.2) is 0 Å². The van der Waals surface area contributed by atoms with E-state index in [9.17, 15) is 0 Å². The van der Waals surface area contributed by atoms with Crippen molar-refractivity contribution in [1.82, 2.24) is 0 Å². The van der Waals surface area contributed by atoms with Gasteiger partial charge < -0.3 is 43.0 Å². The van der Waals surface area contributed by atoms with E-state index in [-0.39, 0.29) is 12.7 Å². The van der Waals surface area contributed by atoms with Gasteiger partial charge in [0, 0.05) is 0 Å². The second-order valence-electron chi connectivity index (χ2n) is 5.43. The van der Waals surface area contributed by atoms with Crippen molar-refractivity contribution in [2.45, 2.75) is 6.10 Å². The largest absolute Gasteiger partial charge is 0.394 e. The van der Waals surface area contributed by atoms with Crippen molar-refractivity contribution in [2.24, 2.45) is 0 Å². The predicted octanol–water partition coefficient (Wildman–Crippen LogP) is -0.506. The van der Waals surface area contributed by atoms with Gasteiger partial charge in [0.05, 0.1) is 106 Å². The fourth-order valence-corrected chi connectivity index (χ4v) is 2.01. The maximum absolute atomic E-state index is 8.57. The number of ether oxygens (including phenoxy) is 8. The Morgan fingerprint density at radius 3 is 1.73 bits per heavy atom. The summed E-state index contributed by atoms with van der Waals surface area (Å²) in [6, 6.07) is 0. The van der Waals surface area contributed by atoms with Crippen LogP contribution < -0.4 is 0 Å². The van der Waals surface area contributed by atoms with Crippen LogP contribution in [-0.4, -0.2) is 117 Å². The highest BCUT2D eigenvalue weighted by molar-refractivity contribution is 4.56. The molecule has 1 aliphatic rings. The Balaban J connectivity index is 2.07. The topological polar surface area (TPSA) is 94.1 Å². The average molecular weight is 382 g/mol. The second-order valence-corrected chi connectivity index (χ2v) is 5.43. The number of hydrogen-bond donors (Lipinski definition) is 1. The Hall–Kier alpha value is -0.360. The Morgan fingerprint density at radius 1 is 0.615 bits per heavy atom. The summed E-state index contributed by atoms with van der Waals surface area (Å²) in [6.45, 7) is 7.35. The van der Waals surface area contributed by atoms with E-state index in [1.54, 1.807) is 0 Å². The minimum Gasteiger partial charge on any atom is -0.394 e. The van der Waals surface area contributed by atoms with Crippen LogP contribution >= 0.6 is 0 Å². The Morgan fingerprint density at radius 2 is 1.12 bits per heavy atom. The van der Waals surface area contributed by atoms with E-state index in [1.807, 2.05) is 0 Å². The molecule has 26 heavy (non-hydrogen) atoms. The maximum atomic E-state index is 8.57. The lowest BCUT2D eigenvalue weighted by Crippen LogP contribution is -2.28. The Kier molecular flexibility index (Phi) is 17.7. The molecule has 9 nitrogen and oxygen atoms in total. The number of aliphatic hydroxyl groups is 1. The van der Waals surface area contributed by atoms with Gasteiger partial charge >= 0.3 is 0 Å². The third kappa shape index (κ3) is 15.9. The smallest absolute Gasteiger partial charge is 0.104 e. The fourth-order valence-electron chi connectivity index (χ4n) is 2.01. The van der Waals surface area contributed by atoms with Crippen LogP contribution in [0.5, 0.6) is 0 Å². The molecule has 1 saturated heterocycles. The molecule has 0 radical (unpaired) electrons. The van der Waals surface area contributed by atoms with Crippen LogP contribution in [0, 0.1) is 0 Å². The lowest BCUT2D eigenvalue weighted by molar-refractivity contribution is -0.0834. The molecule has 1 unspecified atom stereocenters.